The zero-order chi connectivity index (χ0) is 24.4. The van der Waals surface area contributed by atoms with Crippen LogP contribution >= 0.6 is 0 Å². The number of carboxylic acid groups (broad SMARTS) is 1. The molecule has 184 valence electrons. The van der Waals surface area contributed by atoms with Crippen LogP contribution in [0.25, 0.3) is 11.1 Å². The third kappa shape index (κ3) is 5.34. The van der Waals surface area contributed by atoms with Crippen molar-refractivity contribution in [3.05, 3.63) is 59.7 Å². The fourth-order valence-electron chi connectivity index (χ4n) is 5.50. The van der Waals surface area contributed by atoms with Crippen molar-refractivity contribution in [3.8, 4) is 11.1 Å². The van der Waals surface area contributed by atoms with Crippen LogP contribution in [0.2, 0.25) is 0 Å². The van der Waals surface area contributed by atoms with Crippen LogP contribution in [-0.2, 0) is 14.3 Å². The maximum Gasteiger partial charge on any atom is 0.407 e. The Labute approximate surface area is 205 Å². The highest BCUT2D eigenvalue weighted by atomic mass is 16.5. The fourth-order valence-corrected chi connectivity index (χ4v) is 5.50. The van der Waals surface area contributed by atoms with Gasteiger partial charge >= 0.3 is 12.1 Å². The van der Waals surface area contributed by atoms with Crippen molar-refractivity contribution in [3.63, 3.8) is 0 Å². The highest BCUT2D eigenvalue weighted by Gasteiger charge is 2.34. The highest BCUT2D eigenvalue weighted by Crippen LogP contribution is 2.44. The monoisotopic (exact) mass is 476 g/mol. The molecule has 5 rings (SSSR count). The van der Waals surface area contributed by atoms with Gasteiger partial charge in [0.15, 0.2) is 0 Å². The second kappa shape index (κ2) is 10.1. The number of rotatable bonds is 8. The summed E-state index contributed by atoms with van der Waals surface area (Å²) in [7, 11) is 0. The lowest BCUT2D eigenvalue weighted by Crippen LogP contribution is -2.46. The average molecular weight is 477 g/mol. The molecule has 3 aliphatic carbocycles. The van der Waals surface area contributed by atoms with Crippen LogP contribution in [0.4, 0.5) is 4.79 Å². The molecule has 0 heterocycles. The van der Waals surface area contributed by atoms with Gasteiger partial charge < -0.3 is 20.5 Å². The Morgan fingerprint density at radius 3 is 2.06 bits per heavy atom. The molecule has 0 saturated heterocycles. The molecule has 0 bridgehead atoms. The molecule has 0 radical (unpaired) electrons. The summed E-state index contributed by atoms with van der Waals surface area (Å²) in [5, 5.41) is 15.1. The van der Waals surface area contributed by atoms with Gasteiger partial charge in [0.25, 0.3) is 0 Å². The number of ether oxygens (including phenoxy) is 1. The summed E-state index contributed by atoms with van der Waals surface area (Å²) in [5.74, 6) is -0.913. The Kier molecular flexibility index (Phi) is 6.75. The molecule has 1 atom stereocenters. The Hall–Kier alpha value is -3.35. The van der Waals surface area contributed by atoms with Crippen molar-refractivity contribution in [2.45, 2.75) is 62.9 Å². The topological polar surface area (TPSA) is 105 Å². The number of hydrogen-bond acceptors (Lipinski definition) is 4. The molecule has 2 amide bonds. The highest BCUT2D eigenvalue weighted by molar-refractivity contribution is 5.85. The van der Waals surface area contributed by atoms with Crippen LogP contribution in [0, 0.1) is 11.8 Å². The molecule has 35 heavy (non-hydrogen) atoms. The Morgan fingerprint density at radius 2 is 1.49 bits per heavy atom. The van der Waals surface area contributed by atoms with Gasteiger partial charge in [0, 0.05) is 17.9 Å². The van der Waals surface area contributed by atoms with E-state index in [0.717, 1.165) is 12.8 Å². The molecule has 2 aromatic rings. The number of carbonyl (C=O) groups is 3. The number of nitrogens with one attached hydrogen (secondary N) is 2. The maximum atomic E-state index is 12.6. The summed E-state index contributed by atoms with van der Waals surface area (Å²) in [6.07, 6.45) is 4.75. The van der Waals surface area contributed by atoms with Gasteiger partial charge in [0.05, 0.1) is 0 Å². The van der Waals surface area contributed by atoms with E-state index < -0.39 is 18.1 Å². The zero-order valence-electron chi connectivity index (χ0n) is 19.7. The van der Waals surface area contributed by atoms with Gasteiger partial charge in [-0.3, -0.25) is 4.79 Å². The van der Waals surface area contributed by atoms with E-state index >= 15 is 0 Å². The van der Waals surface area contributed by atoms with Crippen LogP contribution in [0.5, 0.6) is 0 Å². The molecular formula is C28H32N2O5. The molecular weight excluding hydrogens is 444 g/mol. The fraction of sp³-hybridized carbons (Fsp3) is 0.464. The van der Waals surface area contributed by atoms with E-state index in [1.807, 2.05) is 24.3 Å². The minimum absolute atomic E-state index is 0.0189. The Bertz CT molecular complexity index is 1060. The zero-order valence-corrected chi connectivity index (χ0v) is 19.7. The predicted molar refractivity (Wildman–Crippen MR) is 131 cm³/mol. The van der Waals surface area contributed by atoms with E-state index in [4.69, 9.17) is 4.74 Å². The smallest absolute Gasteiger partial charge is 0.407 e. The molecule has 7 nitrogen and oxygen atoms in total. The molecule has 7 heteroatoms. The number of benzene rings is 2. The molecule has 3 aliphatic rings. The van der Waals surface area contributed by atoms with E-state index in [-0.39, 0.29) is 30.4 Å². The molecule has 0 aromatic heterocycles. The Morgan fingerprint density at radius 1 is 0.886 bits per heavy atom. The van der Waals surface area contributed by atoms with E-state index in [9.17, 15) is 19.5 Å². The summed E-state index contributed by atoms with van der Waals surface area (Å²) in [6.45, 7) is 0.273. The first-order valence-corrected chi connectivity index (χ1v) is 12.6. The molecule has 1 unspecified atom stereocenters. The molecule has 3 N–H and O–H groups in total. The van der Waals surface area contributed by atoms with Gasteiger partial charge in [0.1, 0.15) is 12.6 Å². The number of alkyl carbamates (subject to hydrolysis) is 1. The largest absolute Gasteiger partial charge is 0.480 e. The van der Waals surface area contributed by atoms with Crippen LogP contribution in [-0.4, -0.2) is 41.8 Å². The lowest BCUT2D eigenvalue weighted by atomic mass is 9.85. The Balaban J connectivity index is 1.09. The van der Waals surface area contributed by atoms with Gasteiger partial charge in [-0.15, -0.1) is 0 Å². The lowest BCUT2D eigenvalue weighted by molar-refractivity contribution is -0.143. The number of carboxylic acids is 1. The predicted octanol–water partition coefficient (Wildman–Crippen LogP) is 4.45. The third-order valence-electron chi connectivity index (χ3n) is 7.64. The van der Waals surface area contributed by atoms with Gasteiger partial charge in [-0.1, -0.05) is 61.4 Å². The average Bonchev–Trinajstić information content (AvgIpc) is 3.63. The number of fused-ring (bicyclic) bond motifs is 3. The number of aliphatic carboxylic acids is 1. The summed E-state index contributed by atoms with van der Waals surface area (Å²) in [6, 6.07) is 15.6. The van der Waals surface area contributed by atoms with Crippen LogP contribution in [0.15, 0.2) is 48.5 Å². The third-order valence-corrected chi connectivity index (χ3v) is 7.64. The van der Waals surface area contributed by atoms with Gasteiger partial charge in [-0.05, 0) is 60.3 Å². The number of hydrogen-bond donors (Lipinski definition) is 3. The quantitative estimate of drug-likeness (QED) is 0.522. The van der Waals surface area contributed by atoms with Crippen molar-refractivity contribution in [2.75, 3.05) is 6.61 Å². The van der Waals surface area contributed by atoms with Gasteiger partial charge in [-0.25, -0.2) is 9.59 Å². The molecule has 2 aromatic carbocycles. The standard InChI is InChI=1S/C28H32N2O5/c31-26(30-25(27(32)33)15-17-9-10-17)18-11-13-19(14-12-18)29-28(34)35-16-24-22-7-3-1-5-20(22)21-6-2-4-8-23(21)24/h1-8,17-19,24-25H,9-16H2,(H,29,34)(H,30,31)(H,32,33). The summed E-state index contributed by atoms with van der Waals surface area (Å²) in [5.41, 5.74) is 4.73. The number of carbonyl (C=O) groups excluding carboxylic acids is 2. The van der Waals surface area contributed by atoms with Crippen LogP contribution in [0.1, 0.15) is 62.0 Å². The first-order valence-electron chi connectivity index (χ1n) is 12.6. The first-order chi connectivity index (χ1) is 17.0. The summed E-state index contributed by atoms with van der Waals surface area (Å²) < 4.78 is 5.64. The normalized spacial score (nSPS) is 21.9. The minimum Gasteiger partial charge on any atom is -0.480 e. The van der Waals surface area contributed by atoms with Crippen molar-refractivity contribution in [1.29, 1.82) is 0 Å². The second-order valence-electron chi connectivity index (χ2n) is 10.1. The second-order valence-corrected chi connectivity index (χ2v) is 10.1. The van der Waals surface area contributed by atoms with Gasteiger partial charge in [-0.2, -0.15) is 0 Å². The van der Waals surface area contributed by atoms with Crippen LogP contribution in [0.3, 0.4) is 0 Å². The first kappa shape index (κ1) is 23.4. The summed E-state index contributed by atoms with van der Waals surface area (Å²) >= 11 is 0. The van der Waals surface area contributed by atoms with E-state index in [2.05, 4.69) is 34.9 Å². The van der Waals surface area contributed by atoms with Gasteiger partial charge in [0.2, 0.25) is 5.91 Å². The van der Waals surface area contributed by atoms with Crippen molar-refractivity contribution < 1.29 is 24.2 Å². The summed E-state index contributed by atoms with van der Waals surface area (Å²) in [4.78, 5) is 36.6. The van der Waals surface area contributed by atoms with E-state index in [1.165, 1.54) is 22.3 Å². The SMILES string of the molecule is O=C(NC1CCC(C(=O)NC(CC2CC2)C(=O)O)CC1)OCC1c2ccccc2-c2ccccc21. The van der Waals surface area contributed by atoms with Crippen molar-refractivity contribution in [1.82, 2.24) is 10.6 Å². The molecule has 0 spiro atoms. The molecule has 2 saturated carbocycles. The number of amides is 2. The van der Waals surface area contributed by atoms with Crippen molar-refractivity contribution in [2.24, 2.45) is 11.8 Å². The van der Waals surface area contributed by atoms with E-state index in [1.54, 1.807) is 0 Å². The minimum atomic E-state index is -0.962. The van der Waals surface area contributed by atoms with Crippen molar-refractivity contribution >= 4 is 18.0 Å². The lowest BCUT2D eigenvalue weighted by Gasteiger charge is -2.29. The van der Waals surface area contributed by atoms with Crippen LogP contribution < -0.4 is 10.6 Å². The maximum absolute atomic E-state index is 12.6. The van der Waals surface area contributed by atoms with E-state index in [0.29, 0.717) is 38.0 Å². The molecule has 2 fully saturated rings. The molecule has 0 aliphatic heterocycles.